The van der Waals surface area contributed by atoms with Crippen molar-refractivity contribution in [3.63, 3.8) is 0 Å². The van der Waals surface area contributed by atoms with E-state index < -0.39 is 39.1 Å². The monoisotopic (exact) mass is 587 g/mol. The zero-order valence-corrected chi connectivity index (χ0v) is 24.7. The van der Waals surface area contributed by atoms with Crippen LogP contribution in [0.25, 0.3) is 0 Å². The second kappa shape index (κ2) is 12.2. The van der Waals surface area contributed by atoms with Gasteiger partial charge < -0.3 is 14.6 Å². The molecule has 2 heterocycles. The lowest BCUT2D eigenvalue weighted by molar-refractivity contribution is -0.141. The van der Waals surface area contributed by atoms with Crippen LogP contribution in [0.2, 0.25) is 10.4 Å². The van der Waals surface area contributed by atoms with Gasteiger partial charge >= 0.3 is 0 Å². The SMILES string of the molecule is [B]C(O)(c1ccc(F)c(COc2cccc(C=O)c2CN(C)C2([B])C(=O)NC(=O)C([B])([B])C2([B])[B])c1)N1CC(C)OC(C)C1. The number of likely N-dealkylation sites (N-methyl/N-ethyl adjacent to an activating group) is 1. The van der Waals surface area contributed by atoms with Crippen LogP contribution in [-0.4, -0.2) is 118 Å². The van der Waals surface area contributed by atoms with Gasteiger partial charge in [0.2, 0.25) is 11.8 Å². The molecule has 4 rings (SSSR count). The largest absolute Gasteiger partial charge is 0.488 e. The second-order valence-electron chi connectivity index (χ2n) is 11.6. The average molecular weight is 586 g/mol. The Morgan fingerprint density at radius 2 is 1.77 bits per heavy atom. The van der Waals surface area contributed by atoms with E-state index in [4.69, 9.17) is 56.6 Å². The van der Waals surface area contributed by atoms with Gasteiger partial charge in [0, 0.05) is 41.8 Å². The molecule has 2 aromatic rings. The highest BCUT2D eigenvalue weighted by Crippen LogP contribution is 2.53. The zero-order valence-electron chi connectivity index (χ0n) is 24.7. The summed E-state index contributed by atoms with van der Waals surface area (Å²) < 4.78 is 26.7. The Labute approximate surface area is 264 Å². The molecule has 0 aromatic heterocycles. The highest BCUT2D eigenvalue weighted by molar-refractivity contribution is 6.66. The van der Waals surface area contributed by atoms with Crippen molar-refractivity contribution in [2.24, 2.45) is 0 Å². The number of hydrogen-bond acceptors (Lipinski definition) is 8. The highest BCUT2D eigenvalue weighted by Gasteiger charge is 2.60. The Kier molecular flexibility index (Phi) is 9.45. The Morgan fingerprint density at radius 3 is 2.39 bits per heavy atom. The van der Waals surface area contributed by atoms with Crippen LogP contribution in [0.5, 0.6) is 5.75 Å². The van der Waals surface area contributed by atoms with Crippen LogP contribution in [0.3, 0.4) is 0 Å². The molecule has 44 heavy (non-hydrogen) atoms. The summed E-state index contributed by atoms with van der Waals surface area (Å²) in [5, 5.41) is 8.33. The minimum Gasteiger partial charge on any atom is -0.488 e. The molecule has 2 saturated heterocycles. The van der Waals surface area contributed by atoms with Gasteiger partial charge in [0.15, 0.2) is 6.29 Å². The third-order valence-corrected chi connectivity index (χ3v) is 8.31. The molecule has 16 heteroatoms. The molecule has 2 aliphatic rings. The van der Waals surface area contributed by atoms with Crippen molar-refractivity contribution in [1.29, 1.82) is 0 Å². The smallest absolute Gasteiger partial charge is 0.236 e. The van der Waals surface area contributed by atoms with Gasteiger partial charge in [-0.15, -0.1) is 0 Å². The number of nitrogens with one attached hydrogen (secondary N) is 1. The number of imide groups is 1. The maximum absolute atomic E-state index is 15.0. The first kappa shape index (κ1) is 34.1. The molecule has 12 radical (unpaired) electrons. The number of carbonyl (C=O) groups excluding carboxylic acids is 3. The quantitative estimate of drug-likeness (QED) is 0.229. The lowest BCUT2D eigenvalue weighted by Crippen LogP contribution is -2.74. The van der Waals surface area contributed by atoms with Crippen molar-refractivity contribution in [3.8, 4) is 5.75 Å². The molecule has 4 unspecified atom stereocenters. The van der Waals surface area contributed by atoms with E-state index >= 15 is 0 Å². The first-order valence-corrected chi connectivity index (χ1v) is 13.8. The van der Waals surface area contributed by atoms with Crippen LogP contribution in [0, 0.1) is 5.82 Å². The molecule has 2 N–H and O–H groups in total. The number of nitrogens with zero attached hydrogens (tertiary/aromatic N) is 2. The maximum Gasteiger partial charge on any atom is 0.236 e. The van der Waals surface area contributed by atoms with Crippen molar-refractivity contribution in [3.05, 3.63) is 64.5 Å². The summed E-state index contributed by atoms with van der Waals surface area (Å²) in [6.07, 6.45) is 0.195. The van der Waals surface area contributed by atoms with E-state index in [1.807, 2.05) is 19.2 Å². The molecule has 2 aliphatic heterocycles. The number of amides is 2. The summed E-state index contributed by atoms with van der Waals surface area (Å²) in [5.74, 6) is -2.68. The number of aldehydes is 1. The fourth-order valence-electron chi connectivity index (χ4n) is 5.55. The van der Waals surface area contributed by atoms with E-state index in [2.05, 4.69) is 0 Å². The van der Waals surface area contributed by atoms with Crippen LogP contribution in [-0.2, 0) is 33.1 Å². The predicted molar refractivity (Wildman–Crippen MR) is 165 cm³/mol. The second-order valence-corrected chi connectivity index (χ2v) is 11.6. The van der Waals surface area contributed by atoms with Gasteiger partial charge in [0.1, 0.15) is 33.9 Å². The Balaban J connectivity index is 1.62. The normalized spacial score (nSPS) is 26.5. The molecule has 0 saturated carbocycles. The summed E-state index contributed by atoms with van der Waals surface area (Å²) in [7, 11) is 38.2. The van der Waals surface area contributed by atoms with Crippen molar-refractivity contribution in [1.82, 2.24) is 15.1 Å². The van der Waals surface area contributed by atoms with Crippen LogP contribution >= 0.6 is 0 Å². The number of piperidine rings is 1. The summed E-state index contributed by atoms with van der Waals surface area (Å²) >= 11 is 0. The minimum atomic E-state index is -2.47. The Bertz CT molecular complexity index is 1450. The third-order valence-electron chi connectivity index (χ3n) is 8.31. The van der Waals surface area contributed by atoms with Crippen molar-refractivity contribution in [2.45, 2.75) is 60.7 Å². The Morgan fingerprint density at radius 1 is 1.14 bits per heavy atom. The fourth-order valence-corrected chi connectivity index (χ4v) is 5.55. The molecule has 216 valence electrons. The van der Waals surface area contributed by atoms with E-state index in [0.717, 1.165) is 0 Å². The Hall–Kier alpha value is -2.79. The maximum atomic E-state index is 15.0. The number of hydrogen-bond donors (Lipinski definition) is 2. The van der Waals surface area contributed by atoms with Crippen molar-refractivity contribution < 1.29 is 33.4 Å². The van der Waals surface area contributed by atoms with Gasteiger partial charge in [-0.25, -0.2) is 4.39 Å². The molecular formula is C28H28B6FN3O6. The predicted octanol–water partition coefficient (Wildman–Crippen LogP) is -0.543. The van der Waals surface area contributed by atoms with Gasteiger partial charge in [-0.05, 0) is 49.9 Å². The molecule has 9 nitrogen and oxygen atoms in total. The minimum absolute atomic E-state index is 0.0657. The summed E-state index contributed by atoms with van der Waals surface area (Å²) in [5.41, 5.74) is -3.57. The van der Waals surface area contributed by atoms with Gasteiger partial charge in [0.25, 0.3) is 0 Å². The van der Waals surface area contributed by atoms with Gasteiger partial charge in [-0.1, -0.05) is 23.4 Å². The highest BCUT2D eigenvalue weighted by atomic mass is 19.1. The number of rotatable bonds is 9. The van der Waals surface area contributed by atoms with Gasteiger partial charge in [0.05, 0.1) is 49.2 Å². The van der Waals surface area contributed by atoms with Crippen LogP contribution in [0.4, 0.5) is 4.39 Å². The van der Waals surface area contributed by atoms with Crippen molar-refractivity contribution in [2.75, 3.05) is 20.1 Å². The van der Waals surface area contributed by atoms with E-state index in [1.54, 1.807) is 11.0 Å². The van der Waals surface area contributed by atoms with Crippen LogP contribution < -0.4 is 10.1 Å². The standard InChI is InChI=1S/C28H28B6FN3O6/c1-15-10-38(11-16(2)44-15)27(32,42)19-7-8-21(35)18(9-19)14-43-22-6-4-5-17(13-39)20(22)12-37(3)26(31)24(41)36-23(40)25(29,30)28(26,33)34/h4-9,13,15-16,42H,10-12,14H2,1-3H3,(H,36,40,41). The van der Waals surface area contributed by atoms with E-state index in [9.17, 15) is 23.9 Å². The lowest BCUT2D eigenvalue weighted by atomic mass is 9.21. The topological polar surface area (TPSA) is 108 Å². The van der Waals surface area contributed by atoms with Gasteiger partial charge in [-0.3, -0.25) is 29.5 Å². The molecule has 2 aromatic carbocycles. The summed E-state index contributed by atoms with van der Waals surface area (Å²) in [6.45, 7) is 3.83. The van der Waals surface area contributed by atoms with Crippen molar-refractivity contribution >= 4 is 65.2 Å². The number of halogens is 1. The number of carbonyl (C=O) groups is 3. The number of ether oxygens (including phenoxy) is 2. The molecule has 0 aliphatic carbocycles. The first-order valence-electron chi connectivity index (χ1n) is 13.8. The van der Waals surface area contributed by atoms with E-state index in [0.29, 0.717) is 19.4 Å². The fraction of sp³-hybridized carbons (Fsp3) is 0.464. The molecule has 2 fully saturated rings. The zero-order chi connectivity index (χ0) is 32.8. The molecule has 2 amide bonds. The number of benzene rings is 2. The van der Waals surface area contributed by atoms with Gasteiger partial charge in [-0.2, -0.15) is 0 Å². The van der Waals surface area contributed by atoms with E-state index in [-0.39, 0.29) is 53.4 Å². The molecule has 0 bridgehead atoms. The van der Waals surface area contributed by atoms with E-state index in [1.165, 1.54) is 42.3 Å². The molecule has 4 atom stereocenters. The average Bonchev–Trinajstić information content (AvgIpc) is 2.95. The lowest BCUT2D eigenvalue weighted by Gasteiger charge is -2.60. The first-order chi connectivity index (χ1) is 20.4. The third kappa shape index (κ3) is 5.82. The van der Waals surface area contributed by atoms with Crippen LogP contribution in [0.15, 0.2) is 36.4 Å². The van der Waals surface area contributed by atoms with Crippen LogP contribution in [0.1, 0.15) is 40.9 Å². The molecular weight excluding hydrogens is 558 g/mol. The number of aliphatic hydroxyl groups is 1. The summed E-state index contributed by atoms with van der Waals surface area (Å²) in [6, 6.07) is 8.51. The number of morpholine rings is 1. The molecule has 0 spiro atoms. The summed E-state index contributed by atoms with van der Waals surface area (Å²) in [4.78, 5) is 40.1.